The van der Waals surface area contributed by atoms with E-state index < -0.39 is 13.1 Å². The highest BCUT2D eigenvalue weighted by molar-refractivity contribution is 6.47. The van der Waals surface area contributed by atoms with Crippen LogP contribution in [0.5, 0.6) is 5.75 Å². The van der Waals surface area contributed by atoms with Crippen molar-refractivity contribution in [3.05, 3.63) is 65.4 Å². The maximum Gasteiger partial charge on any atom is 0.547 e. The van der Waals surface area contributed by atoms with Gasteiger partial charge >= 0.3 is 7.12 Å². The van der Waals surface area contributed by atoms with Gasteiger partial charge in [0, 0.05) is 24.3 Å². The molecule has 6 nitrogen and oxygen atoms in total. The van der Waals surface area contributed by atoms with Gasteiger partial charge in [-0.3, -0.25) is 9.59 Å². The first-order chi connectivity index (χ1) is 12.9. The fourth-order valence-corrected chi connectivity index (χ4v) is 3.48. The molecule has 0 saturated carbocycles. The normalized spacial score (nSPS) is 16.0. The van der Waals surface area contributed by atoms with Crippen LogP contribution >= 0.6 is 0 Å². The number of aromatic nitrogens is 1. The summed E-state index contributed by atoms with van der Waals surface area (Å²) in [6, 6.07) is 12.7. The first-order valence-corrected chi connectivity index (χ1v) is 8.77. The number of rotatable bonds is 3. The summed E-state index contributed by atoms with van der Waals surface area (Å²) in [5.74, 6) is -0.612. The van der Waals surface area contributed by atoms with E-state index in [9.17, 15) is 14.6 Å². The number of hydrogen-bond acceptors (Lipinski definition) is 4. The van der Waals surface area contributed by atoms with Gasteiger partial charge in [-0.15, -0.1) is 0 Å². The van der Waals surface area contributed by atoms with E-state index in [1.54, 1.807) is 18.2 Å². The highest BCUT2D eigenvalue weighted by Crippen LogP contribution is 2.30. The van der Waals surface area contributed by atoms with Crippen LogP contribution in [0.2, 0.25) is 0 Å². The molecule has 4 rings (SSSR count). The van der Waals surface area contributed by atoms with Gasteiger partial charge in [0.25, 0.3) is 5.91 Å². The van der Waals surface area contributed by atoms with Crippen LogP contribution in [0, 0.1) is 0 Å². The number of carbonyl (C=O) groups is 2. The van der Waals surface area contributed by atoms with Crippen molar-refractivity contribution in [3.8, 4) is 5.75 Å². The minimum atomic E-state index is -1.22. The molecular formula is C20H19BN2O4. The Bertz CT molecular complexity index is 1060. The number of Topliss-reactive ketones (excluding diaryl/α,β-unsaturated/α-hetero) is 1. The van der Waals surface area contributed by atoms with E-state index in [-0.39, 0.29) is 11.7 Å². The quantitative estimate of drug-likeness (QED) is 0.553. The molecule has 3 aromatic rings. The van der Waals surface area contributed by atoms with Crippen LogP contribution in [-0.4, -0.2) is 34.3 Å². The van der Waals surface area contributed by atoms with Gasteiger partial charge in [-0.1, -0.05) is 18.2 Å². The van der Waals surface area contributed by atoms with Gasteiger partial charge in [0.05, 0.1) is 11.5 Å². The van der Waals surface area contributed by atoms with Gasteiger partial charge < -0.3 is 19.6 Å². The second-order valence-electron chi connectivity index (χ2n) is 6.84. The predicted octanol–water partition coefficient (Wildman–Crippen LogP) is 2.13. The molecule has 1 aromatic heterocycles. The molecule has 0 aliphatic carbocycles. The molecule has 0 spiro atoms. The van der Waals surface area contributed by atoms with Crippen molar-refractivity contribution in [2.24, 2.45) is 7.05 Å². The molecule has 1 aliphatic heterocycles. The summed E-state index contributed by atoms with van der Waals surface area (Å²) in [6.07, 6.45) is 2.32. The summed E-state index contributed by atoms with van der Waals surface area (Å²) in [5.41, 5.74) is 2.70. The lowest BCUT2D eigenvalue weighted by Crippen LogP contribution is -2.53. The number of carbonyl (C=O) groups excluding carboxylic acids is 2. The Morgan fingerprint density at radius 3 is 2.85 bits per heavy atom. The highest BCUT2D eigenvalue weighted by atomic mass is 16.5. The van der Waals surface area contributed by atoms with Crippen LogP contribution < -0.4 is 9.97 Å². The summed E-state index contributed by atoms with van der Waals surface area (Å²) < 4.78 is 7.52. The van der Waals surface area contributed by atoms with Crippen molar-refractivity contribution >= 4 is 29.7 Å². The molecule has 27 heavy (non-hydrogen) atoms. The third kappa shape index (κ3) is 3.10. The molecule has 2 aromatic carbocycles. The molecular weight excluding hydrogens is 343 g/mol. The molecule has 1 aliphatic rings. The number of amides is 1. The maximum absolute atomic E-state index is 12.7. The number of hydrogen-bond donors (Lipinski definition) is 2. The Morgan fingerprint density at radius 1 is 1.26 bits per heavy atom. The van der Waals surface area contributed by atoms with Crippen molar-refractivity contribution in [3.63, 3.8) is 0 Å². The van der Waals surface area contributed by atoms with Crippen LogP contribution in [0.1, 0.15) is 33.2 Å². The molecule has 0 bridgehead atoms. The number of aryl methyl sites for hydroxylation is 1. The highest BCUT2D eigenvalue weighted by Gasteiger charge is 2.37. The molecule has 1 amide bonds. The Balaban J connectivity index is 1.57. The van der Waals surface area contributed by atoms with Crippen LogP contribution in [-0.2, 0) is 13.5 Å². The lowest BCUT2D eigenvalue weighted by Gasteiger charge is -2.29. The van der Waals surface area contributed by atoms with E-state index in [0.29, 0.717) is 23.3 Å². The molecule has 0 fully saturated rings. The van der Waals surface area contributed by atoms with E-state index >= 15 is 0 Å². The second kappa shape index (κ2) is 6.59. The van der Waals surface area contributed by atoms with Crippen molar-refractivity contribution in [1.82, 2.24) is 9.88 Å². The Labute approximate surface area is 156 Å². The minimum absolute atomic E-state index is 0.127. The zero-order chi connectivity index (χ0) is 19.1. The average Bonchev–Trinajstić information content (AvgIpc) is 3.02. The van der Waals surface area contributed by atoms with Crippen LogP contribution in [0.3, 0.4) is 0 Å². The van der Waals surface area contributed by atoms with Crippen LogP contribution in [0.25, 0.3) is 10.9 Å². The molecule has 136 valence electrons. The smallest absolute Gasteiger partial charge is 0.534 e. The summed E-state index contributed by atoms with van der Waals surface area (Å²) >= 11 is 0. The zero-order valence-electron chi connectivity index (χ0n) is 15.1. The Morgan fingerprint density at radius 2 is 2.07 bits per heavy atom. The zero-order valence-corrected chi connectivity index (χ0v) is 15.1. The van der Waals surface area contributed by atoms with E-state index in [0.717, 1.165) is 16.5 Å². The molecule has 7 heteroatoms. The van der Waals surface area contributed by atoms with E-state index in [2.05, 4.69) is 5.32 Å². The number of nitrogens with one attached hydrogen (secondary N) is 1. The first kappa shape index (κ1) is 17.4. The fraction of sp³-hybridized carbons (Fsp3) is 0.200. The van der Waals surface area contributed by atoms with Gasteiger partial charge in [-0.2, -0.15) is 0 Å². The monoisotopic (exact) mass is 362 g/mol. The fourth-order valence-electron chi connectivity index (χ4n) is 3.48. The summed E-state index contributed by atoms with van der Waals surface area (Å²) in [5, 5.41) is 14.2. The summed E-state index contributed by atoms with van der Waals surface area (Å²) in [4.78, 5) is 24.4. The third-order valence-corrected chi connectivity index (χ3v) is 4.97. The van der Waals surface area contributed by atoms with E-state index in [1.807, 2.05) is 42.1 Å². The molecule has 1 atom stereocenters. The van der Waals surface area contributed by atoms with Gasteiger partial charge in [0.1, 0.15) is 5.75 Å². The Hall–Kier alpha value is -3.06. The molecule has 0 saturated heterocycles. The first-order valence-electron chi connectivity index (χ1n) is 8.77. The molecule has 0 radical (unpaired) electrons. The van der Waals surface area contributed by atoms with Crippen molar-refractivity contribution in [1.29, 1.82) is 0 Å². The summed E-state index contributed by atoms with van der Waals surface area (Å²) in [6.45, 7) is 1.46. The predicted molar refractivity (Wildman–Crippen MR) is 103 cm³/mol. The largest absolute Gasteiger partial charge is 0.547 e. The number of fused-ring (bicyclic) bond motifs is 2. The molecule has 0 unspecified atom stereocenters. The van der Waals surface area contributed by atoms with Gasteiger partial charge in [-0.05, 0) is 48.6 Å². The second-order valence-corrected chi connectivity index (χ2v) is 6.84. The third-order valence-electron chi connectivity index (χ3n) is 4.97. The van der Waals surface area contributed by atoms with Gasteiger partial charge in [0.2, 0.25) is 0 Å². The molecule has 2 heterocycles. The topological polar surface area (TPSA) is 80.6 Å². The number of benzene rings is 2. The van der Waals surface area contributed by atoms with Crippen LogP contribution in [0.15, 0.2) is 48.7 Å². The average molecular weight is 362 g/mol. The van der Waals surface area contributed by atoms with Crippen molar-refractivity contribution in [2.45, 2.75) is 19.3 Å². The number of nitrogens with zero attached hydrogens (tertiary/aromatic N) is 1. The van der Waals surface area contributed by atoms with Crippen molar-refractivity contribution in [2.75, 3.05) is 0 Å². The number of para-hydroxylation sites is 1. The van der Waals surface area contributed by atoms with E-state index in [1.165, 1.54) is 6.92 Å². The lowest BCUT2D eigenvalue weighted by molar-refractivity contribution is 0.0939. The lowest BCUT2D eigenvalue weighted by atomic mass is 9.72. The van der Waals surface area contributed by atoms with Crippen molar-refractivity contribution < 1.29 is 19.3 Å². The van der Waals surface area contributed by atoms with E-state index in [4.69, 9.17) is 4.65 Å². The minimum Gasteiger partial charge on any atom is -0.534 e. The Kier molecular flexibility index (Phi) is 4.24. The summed E-state index contributed by atoms with van der Waals surface area (Å²) in [7, 11) is 0.701. The standard InChI is InChI=1S/C20H19BN2O4/c1-12(24)16-5-3-4-14-11-18(21(26)27-19(14)16)22-20(25)15-7-6-13-8-9-23(2)17(13)10-15/h3-10,18,26H,11H2,1-2H3,(H,22,25)/t18-/m0/s1. The van der Waals surface area contributed by atoms with Gasteiger partial charge in [-0.25, -0.2) is 0 Å². The maximum atomic E-state index is 12.7. The van der Waals surface area contributed by atoms with Crippen LogP contribution in [0.4, 0.5) is 0 Å². The number of ketones is 1. The van der Waals surface area contributed by atoms with Gasteiger partial charge in [0.15, 0.2) is 5.78 Å². The SMILES string of the molecule is CC(=O)c1cccc2c1OB(O)[C@@H](NC(=O)c1ccc3ccn(C)c3c1)C2. The molecule has 2 N–H and O–H groups in total.